The molecule has 0 fully saturated rings. The van der Waals surface area contributed by atoms with Crippen molar-refractivity contribution in [3.05, 3.63) is 30.3 Å². The van der Waals surface area contributed by atoms with Crippen molar-refractivity contribution in [2.45, 2.75) is 26.2 Å². The molecule has 0 aliphatic rings. The lowest BCUT2D eigenvalue weighted by Gasteiger charge is -2.03. The van der Waals surface area contributed by atoms with Gasteiger partial charge >= 0.3 is 6.16 Å². The predicted octanol–water partition coefficient (Wildman–Crippen LogP) is 3.32. The van der Waals surface area contributed by atoms with Gasteiger partial charge in [-0.3, -0.25) is 4.89 Å². The van der Waals surface area contributed by atoms with E-state index in [1.165, 1.54) is 0 Å². The number of hydrogen-bond donors (Lipinski definition) is 0. The van der Waals surface area contributed by atoms with Crippen LogP contribution in [0.2, 0.25) is 0 Å². The number of benzene rings is 1. The monoisotopic (exact) mass is 224 g/mol. The summed E-state index contributed by atoms with van der Waals surface area (Å²) < 4.78 is 4.83. The Labute approximate surface area is 95.1 Å². The molecule has 4 heteroatoms. The van der Waals surface area contributed by atoms with Crippen molar-refractivity contribution >= 4 is 6.16 Å². The molecule has 0 aromatic heterocycles. The lowest BCUT2D eigenvalue weighted by molar-refractivity contribution is -0.249. The summed E-state index contributed by atoms with van der Waals surface area (Å²) in [5.74, 6) is 0.435. The van der Waals surface area contributed by atoms with Crippen LogP contribution < -0.4 is 4.74 Å². The van der Waals surface area contributed by atoms with Gasteiger partial charge in [-0.15, -0.1) is 0 Å². The molecule has 0 radical (unpaired) electrons. The van der Waals surface area contributed by atoms with E-state index in [2.05, 4.69) is 11.8 Å². The molecule has 88 valence electrons. The van der Waals surface area contributed by atoms with Gasteiger partial charge in [0.25, 0.3) is 0 Å². The van der Waals surface area contributed by atoms with Gasteiger partial charge in [0.2, 0.25) is 0 Å². The van der Waals surface area contributed by atoms with Gasteiger partial charge in [-0.2, -0.15) is 4.89 Å². The van der Waals surface area contributed by atoms with Crippen LogP contribution in [-0.4, -0.2) is 12.8 Å². The van der Waals surface area contributed by atoms with Gasteiger partial charge in [-0.1, -0.05) is 38.0 Å². The molecule has 0 spiro atoms. The summed E-state index contributed by atoms with van der Waals surface area (Å²) in [6, 6.07) is 8.70. The van der Waals surface area contributed by atoms with Crippen LogP contribution in [0.15, 0.2) is 30.3 Å². The first-order valence-corrected chi connectivity index (χ1v) is 5.39. The van der Waals surface area contributed by atoms with Crippen molar-refractivity contribution in [2.24, 2.45) is 0 Å². The molecule has 0 aliphatic carbocycles. The highest BCUT2D eigenvalue weighted by Crippen LogP contribution is 2.09. The van der Waals surface area contributed by atoms with Gasteiger partial charge in [0.15, 0.2) is 0 Å². The second-order valence-corrected chi connectivity index (χ2v) is 3.28. The molecule has 0 aliphatic heterocycles. The smallest absolute Gasteiger partial charge is 0.393 e. The molecule has 1 aromatic rings. The number of para-hydroxylation sites is 1. The van der Waals surface area contributed by atoms with Crippen LogP contribution in [0.4, 0.5) is 4.79 Å². The number of rotatable bonds is 6. The van der Waals surface area contributed by atoms with Crippen LogP contribution in [-0.2, 0) is 9.78 Å². The van der Waals surface area contributed by atoms with Gasteiger partial charge in [-0.25, -0.2) is 4.79 Å². The third kappa shape index (κ3) is 5.36. The summed E-state index contributed by atoms with van der Waals surface area (Å²) >= 11 is 0. The van der Waals surface area contributed by atoms with E-state index in [-0.39, 0.29) is 0 Å². The van der Waals surface area contributed by atoms with E-state index in [0.717, 1.165) is 19.3 Å². The fourth-order valence-corrected chi connectivity index (χ4v) is 1.10. The maximum absolute atomic E-state index is 11.1. The number of carbonyl (C=O) groups excluding carboxylic acids is 1. The summed E-state index contributed by atoms with van der Waals surface area (Å²) in [5, 5.41) is 0. The molecule has 0 unspecified atom stereocenters. The molecule has 0 atom stereocenters. The Morgan fingerprint density at radius 3 is 2.62 bits per heavy atom. The fourth-order valence-electron chi connectivity index (χ4n) is 1.10. The van der Waals surface area contributed by atoms with Crippen LogP contribution in [0.1, 0.15) is 26.2 Å². The Kier molecular flexibility index (Phi) is 6.03. The quantitative estimate of drug-likeness (QED) is 0.244. The van der Waals surface area contributed by atoms with Gasteiger partial charge in [0, 0.05) is 0 Å². The minimum atomic E-state index is -0.845. The van der Waals surface area contributed by atoms with E-state index in [1.54, 1.807) is 24.3 Å². The van der Waals surface area contributed by atoms with Crippen molar-refractivity contribution in [1.29, 1.82) is 0 Å². The molecule has 0 saturated carbocycles. The van der Waals surface area contributed by atoms with E-state index >= 15 is 0 Å². The normalized spacial score (nSPS) is 9.81. The first-order chi connectivity index (χ1) is 7.83. The SMILES string of the molecule is CCCCCOOC(=O)Oc1ccccc1. The third-order valence-corrected chi connectivity index (χ3v) is 1.90. The Bertz CT molecular complexity index is 297. The lowest BCUT2D eigenvalue weighted by Crippen LogP contribution is -2.11. The highest BCUT2D eigenvalue weighted by molar-refractivity contribution is 5.62. The number of hydrogen-bond acceptors (Lipinski definition) is 4. The highest BCUT2D eigenvalue weighted by atomic mass is 17.2. The zero-order valence-corrected chi connectivity index (χ0v) is 9.35. The van der Waals surface area contributed by atoms with Crippen molar-refractivity contribution in [3.8, 4) is 5.75 Å². The fraction of sp³-hybridized carbons (Fsp3) is 0.417. The van der Waals surface area contributed by atoms with Gasteiger partial charge in [0.05, 0.1) is 6.61 Å². The van der Waals surface area contributed by atoms with Crippen molar-refractivity contribution in [3.63, 3.8) is 0 Å². The first kappa shape index (κ1) is 12.5. The minimum Gasteiger partial charge on any atom is -0.393 e. The number of unbranched alkanes of at least 4 members (excludes halogenated alkanes) is 2. The van der Waals surface area contributed by atoms with Gasteiger partial charge in [-0.05, 0) is 18.6 Å². The van der Waals surface area contributed by atoms with Crippen LogP contribution in [0.3, 0.4) is 0 Å². The Morgan fingerprint density at radius 1 is 1.19 bits per heavy atom. The predicted molar refractivity (Wildman–Crippen MR) is 59.0 cm³/mol. The molecule has 0 heterocycles. The van der Waals surface area contributed by atoms with E-state index in [1.807, 2.05) is 6.07 Å². The average Bonchev–Trinajstić information content (AvgIpc) is 2.30. The summed E-state index contributed by atoms with van der Waals surface area (Å²) in [6.45, 7) is 2.49. The van der Waals surface area contributed by atoms with E-state index in [4.69, 9.17) is 9.62 Å². The maximum atomic E-state index is 11.1. The van der Waals surface area contributed by atoms with Crippen LogP contribution in [0, 0.1) is 0 Å². The summed E-state index contributed by atoms with van der Waals surface area (Å²) in [7, 11) is 0. The molecular weight excluding hydrogens is 208 g/mol. The Hall–Kier alpha value is -1.55. The molecular formula is C12H16O4. The van der Waals surface area contributed by atoms with Crippen LogP contribution in [0.5, 0.6) is 5.75 Å². The van der Waals surface area contributed by atoms with Crippen molar-refractivity contribution < 1.29 is 19.3 Å². The molecule has 16 heavy (non-hydrogen) atoms. The van der Waals surface area contributed by atoms with Crippen LogP contribution >= 0.6 is 0 Å². The maximum Gasteiger partial charge on any atom is 0.546 e. The zero-order valence-electron chi connectivity index (χ0n) is 9.35. The molecule has 0 saturated heterocycles. The minimum absolute atomic E-state index is 0.401. The second kappa shape index (κ2) is 7.70. The molecule has 4 nitrogen and oxygen atoms in total. The van der Waals surface area contributed by atoms with Gasteiger partial charge < -0.3 is 4.74 Å². The molecule has 0 amide bonds. The van der Waals surface area contributed by atoms with Crippen molar-refractivity contribution in [2.75, 3.05) is 6.61 Å². The van der Waals surface area contributed by atoms with E-state index in [0.29, 0.717) is 12.4 Å². The number of carbonyl (C=O) groups is 1. The molecule has 1 rings (SSSR count). The molecule has 0 N–H and O–H groups in total. The summed E-state index contributed by atoms with van der Waals surface area (Å²) in [6.07, 6.45) is 2.17. The average molecular weight is 224 g/mol. The van der Waals surface area contributed by atoms with Gasteiger partial charge in [0.1, 0.15) is 5.75 Å². The lowest BCUT2D eigenvalue weighted by atomic mass is 10.3. The molecule has 1 aromatic carbocycles. The topological polar surface area (TPSA) is 44.8 Å². The Balaban J connectivity index is 2.12. The van der Waals surface area contributed by atoms with E-state index in [9.17, 15) is 4.79 Å². The highest BCUT2D eigenvalue weighted by Gasteiger charge is 2.06. The first-order valence-electron chi connectivity index (χ1n) is 5.39. The third-order valence-electron chi connectivity index (χ3n) is 1.90. The number of ether oxygens (including phenoxy) is 1. The Morgan fingerprint density at radius 2 is 1.94 bits per heavy atom. The molecule has 0 bridgehead atoms. The summed E-state index contributed by atoms with van der Waals surface area (Å²) in [5.41, 5.74) is 0. The largest absolute Gasteiger partial charge is 0.546 e. The second-order valence-electron chi connectivity index (χ2n) is 3.28. The standard InChI is InChI=1S/C12H16O4/c1-2-3-7-10-14-16-12(13)15-11-8-5-4-6-9-11/h4-6,8-9H,2-3,7,10H2,1H3. The van der Waals surface area contributed by atoms with Crippen molar-refractivity contribution in [1.82, 2.24) is 0 Å². The zero-order chi connectivity index (χ0) is 11.6. The van der Waals surface area contributed by atoms with Crippen LogP contribution in [0.25, 0.3) is 0 Å². The summed E-state index contributed by atoms with van der Waals surface area (Å²) in [4.78, 5) is 20.2. The van der Waals surface area contributed by atoms with E-state index < -0.39 is 6.16 Å².